The zero-order valence-corrected chi connectivity index (χ0v) is 11.2. The molecule has 19 heavy (non-hydrogen) atoms. The van der Waals surface area contributed by atoms with Gasteiger partial charge < -0.3 is 15.3 Å². The molecule has 0 saturated carbocycles. The summed E-state index contributed by atoms with van der Waals surface area (Å²) in [5.41, 5.74) is 1.61. The van der Waals surface area contributed by atoms with Gasteiger partial charge in [-0.15, -0.1) is 0 Å². The maximum atomic E-state index is 9.44. The second-order valence-corrected chi connectivity index (χ2v) is 5.01. The van der Waals surface area contributed by atoms with Gasteiger partial charge >= 0.3 is 0 Å². The molecule has 102 valence electrons. The summed E-state index contributed by atoms with van der Waals surface area (Å²) in [4.78, 5) is 2.39. The number of hydrogen-bond acceptors (Lipinski definition) is 4. The molecule has 0 spiro atoms. The average Bonchev–Trinajstić information content (AvgIpc) is 2.46. The second-order valence-electron chi connectivity index (χ2n) is 5.01. The normalized spacial score (nSPS) is 17.1. The Hall–Kier alpha value is -1.57. The van der Waals surface area contributed by atoms with Crippen molar-refractivity contribution in [3.63, 3.8) is 0 Å². The lowest BCUT2D eigenvalue weighted by atomic mass is 10.1. The van der Waals surface area contributed by atoms with E-state index in [4.69, 9.17) is 5.26 Å². The van der Waals surface area contributed by atoms with Crippen LogP contribution in [0.1, 0.15) is 24.8 Å². The first-order valence-corrected chi connectivity index (χ1v) is 6.93. The van der Waals surface area contributed by atoms with Crippen LogP contribution in [-0.2, 0) is 0 Å². The fourth-order valence-electron chi connectivity index (χ4n) is 2.40. The molecule has 0 aliphatic carbocycles. The number of nitriles is 1. The van der Waals surface area contributed by atoms with Crippen LogP contribution in [0.25, 0.3) is 0 Å². The maximum Gasteiger partial charge on any atom is 0.101 e. The third-order valence-electron chi connectivity index (χ3n) is 3.57. The number of para-hydroxylation sites is 1. The van der Waals surface area contributed by atoms with Gasteiger partial charge in [-0.2, -0.15) is 5.26 Å². The van der Waals surface area contributed by atoms with Crippen molar-refractivity contribution in [3.05, 3.63) is 29.8 Å². The number of aliphatic hydroxyl groups excluding tert-OH is 1. The van der Waals surface area contributed by atoms with Gasteiger partial charge in [0.05, 0.1) is 17.4 Å². The molecule has 1 aliphatic heterocycles. The van der Waals surface area contributed by atoms with Gasteiger partial charge in [0, 0.05) is 19.6 Å². The van der Waals surface area contributed by atoms with Gasteiger partial charge in [0.15, 0.2) is 0 Å². The summed E-state index contributed by atoms with van der Waals surface area (Å²) in [6.45, 7) is 3.91. The van der Waals surface area contributed by atoms with Gasteiger partial charge in [-0.05, 0) is 37.9 Å². The number of piperidine rings is 1. The van der Waals surface area contributed by atoms with Crippen LogP contribution in [0, 0.1) is 11.3 Å². The third-order valence-corrected chi connectivity index (χ3v) is 3.57. The van der Waals surface area contributed by atoms with Crippen LogP contribution in [0.15, 0.2) is 24.3 Å². The molecule has 0 bridgehead atoms. The van der Waals surface area contributed by atoms with Gasteiger partial charge in [-0.3, -0.25) is 0 Å². The molecule has 1 heterocycles. The van der Waals surface area contributed by atoms with E-state index in [1.807, 2.05) is 24.3 Å². The van der Waals surface area contributed by atoms with E-state index in [0.29, 0.717) is 5.56 Å². The Morgan fingerprint density at radius 1 is 1.32 bits per heavy atom. The highest BCUT2D eigenvalue weighted by atomic mass is 16.3. The van der Waals surface area contributed by atoms with Crippen LogP contribution >= 0.6 is 0 Å². The van der Waals surface area contributed by atoms with Gasteiger partial charge in [0.25, 0.3) is 0 Å². The predicted octanol–water partition coefficient (Wildman–Crippen LogP) is 1.82. The van der Waals surface area contributed by atoms with Crippen molar-refractivity contribution in [1.82, 2.24) is 4.90 Å². The lowest BCUT2D eigenvalue weighted by Crippen LogP contribution is -2.36. The van der Waals surface area contributed by atoms with Crippen molar-refractivity contribution in [1.29, 1.82) is 5.26 Å². The Kier molecular flexibility index (Phi) is 5.20. The smallest absolute Gasteiger partial charge is 0.101 e. The SMILES string of the molecule is N#Cc1ccccc1NCCCN1CCC(O)CC1. The third kappa shape index (κ3) is 4.23. The van der Waals surface area contributed by atoms with Crippen LogP contribution in [0.4, 0.5) is 5.69 Å². The zero-order valence-electron chi connectivity index (χ0n) is 11.2. The van der Waals surface area contributed by atoms with Gasteiger partial charge in [-0.1, -0.05) is 12.1 Å². The minimum Gasteiger partial charge on any atom is -0.393 e. The van der Waals surface area contributed by atoms with Crippen LogP contribution in [-0.4, -0.2) is 42.3 Å². The molecule has 0 aromatic heterocycles. The first-order valence-electron chi connectivity index (χ1n) is 6.93. The van der Waals surface area contributed by atoms with E-state index in [1.165, 1.54) is 0 Å². The lowest BCUT2D eigenvalue weighted by molar-refractivity contribution is 0.0825. The van der Waals surface area contributed by atoms with Crippen molar-refractivity contribution in [2.75, 3.05) is 31.5 Å². The quantitative estimate of drug-likeness (QED) is 0.792. The fraction of sp³-hybridized carbons (Fsp3) is 0.533. The minimum atomic E-state index is -0.100. The van der Waals surface area contributed by atoms with E-state index < -0.39 is 0 Å². The van der Waals surface area contributed by atoms with E-state index in [1.54, 1.807) is 0 Å². The van der Waals surface area contributed by atoms with E-state index in [-0.39, 0.29) is 6.10 Å². The largest absolute Gasteiger partial charge is 0.393 e. The van der Waals surface area contributed by atoms with Crippen LogP contribution in [0.5, 0.6) is 0 Å². The molecule has 1 fully saturated rings. The molecule has 2 N–H and O–H groups in total. The fourth-order valence-corrected chi connectivity index (χ4v) is 2.40. The van der Waals surface area contributed by atoms with Gasteiger partial charge in [-0.25, -0.2) is 0 Å². The highest BCUT2D eigenvalue weighted by Gasteiger charge is 2.15. The summed E-state index contributed by atoms with van der Waals surface area (Å²) in [7, 11) is 0. The Bertz CT molecular complexity index is 433. The summed E-state index contributed by atoms with van der Waals surface area (Å²) in [5, 5.41) is 21.7. The summed E-state index contributed by atoms with van der Waals surface area (Å²) < 4.78 is 0. The highest BCUT2D eigenvalue weighted by Crippen LogP contribution is 2.14. The number of likely N-dealkylation sites (tertiary alicyclic amines) is 1. The number of benzene rings is 1. The predicted molar refractivity (Wildman–Crippen MR) is 75.9 cm³/mol. The first kappa shape index (κ1) is 13.9. The van der Waals surface area contributed by atoms with Crippen molar-refractivity contribution in [2.45, 2.75) is 25.4 Å². The molecule has 2 rings (SSSR count). The van der Waals surface area contributed by atoms with E-state index in [9.17, 15) is 5.11 Å². The van der Waals surface area contributed by atoms with Crippen LogP contribution in [0.3, 0.4) is 0 Å². The monoisotopic (exact) mass is 259 g/mol. The Morgan fingerprint density at radius 2 is 2.05 bits per heavy atom. The van der Waals surface area contributed by atoms with E-state index >= 15 is 0 Å². The summed E-state index contributed by atoms with van der Waals surface area (Å²) in [6, 6.07) is 9.78. The molecule has 0 atom stereocenters. The van der Waals surface area contributed by atoms with Crippen molar-refractivity contribution >= 4 is 5.69 Å². The van der Waals surface area contributed by atoms with Crippen molar-refractivity contribution < 1.29 is 5.11 Å². The minimum absolute atomic E-state index is 0.100. The summed E-state index contributed by atoms with van der Waals surface area (Å²) in [6.07, 6.45) is 2.74. The summed E-state index contributed by atoms with van der Waals surface area (Å²) in [5.74, 6) is 0. The molecule has 1 aromatic carbocycles. The number of aliphatic hydroxyl groups is 1. The maximum absolute atomic E-state index is 9.44. The first-order chi connectivity index (χ1) is 9.29. The molecule has 0 amide bonds. The molecule has 4 heteroatoms. The van der Waals surface area contributed by atoms with Crippen LogP contribution in [0.2, 0.25) is 0 Å². The van der Waals surface area contributed by atoms with E-state index in [2.05, 4.69) is 16.3 Å². The molecular weight excluding hydrogens is 238 g/mol. The molecular formula is C15H21N3O. The molecule has 4 nitrogen and oxygen atoms in total. The second kappa shape index (κ2) is 7.13. The zero-order chi connectivity index (χ0) is 13.5. The lowest BCUT2D eigenvalue weighted by Gasteiger charge is -2.29. The molecule has 1 aliphatic rings. The van der Waals surface area contributed by atoms with Crippen molar-refractivity contribution in [2.24, 2.45) is 0 Å². The number of anilines is 1. The van der Waals surface area contributed by atoms with Crippen molar-refractivity contribution in [3.8, 4) is 6.07 Å². The van der Waals surface area contributed by atoms with Gasteiger partial charge in [0.1, 0.15) is 6.07 Å². The van der Waals surface area contributed by atoms with E-state index in [0.717, 1.165) is 51.1 Å². The number of hydrogen-bond donors (Lipinski definition) is 2. The number of nitrogens with one attached hydrogen (secondary N) is 1. The standard InChI is InChI=1S/C15H21N3O/c16-12-13-4-1-2-5-15(13)17-8-3-9-18-10-6-14(19)7-11-18/h1-2,4-5,14,17,19H,3,6-11H2. The molecule has 1 saturated heterocycles. The highest BCUT2D eigenvalue weighted by molar-refractivity contribution is 5.56. The average molecular weight is 259 g/mol. The van der Waals surface area contributed by atoms with Gasteiger partial charge in [0.2, 0.25) is 0 Å². The Morgan fingerprint density at radius 3 is 2.79 bits per heavy atom. The molecule has 0 unspecified atom stereocenters. The molecule has 0 radical (unpaired) electrons. The Balaban J connectivity index is 1.68. The topological polar surface area (TPSA) is 59.3 Å². The molecule has 1 aromatic rings. The number of rotatable bonds is 5. The summed E-state index contributed by atoms with van der Waals surface area (Å²) >= 11 is 0. The Labute approximate surface area is 114 Å². The van der Waals surface area contributed by atoms with Crippen LogP contribution < -0.4 is 5.32 Å². The number of nitrogens with zero attached hydrogens (tertiary/aromatic N) is 2.